The number of nitrogens with two attached hydrogens (primary N) is 1. The van der Waals surface area contributed by atoms with Crippen molar-refractivity contribution in [2.75, 3.05) is 18.9 Å². The van der Waals surface area contributed by atoms with Gasteiger partial charge in [-0.1, -0.05) is 41.9 Å². The number of pyridine rings is 1. The Labute approximate surface area is 205 Å². The molecule has 1 amide bonds. The number of aromatic nitrogens is 3. The number of hydrogen-bond acceptors (Lipinski definition) is 5. The predicted octanol–water partition coefficient (Wildman–Crippen LogP) is 3.32. The molecule has 2 heterocycles. The van der Waals surface area contributed by atoms with E-state index in [2.05, 4.69) is 10.4 Å². The smallest absolute Gasteiger partial charge is 0.256 e. The van der Waals surface area contributed by atoms with E-state index in [1.807, 2.05) is 24.3 Å². The minimum absolute atomic E-state index is 0.125. The average molecular weight is 496 g/mol. The number of anilines is 1. The Morgan fingerprint density at radius 1 is 1.06 bits per heavy atom. The van der Waals surface area contributed by atoms with Gasteiger partial charge in [-0.15, -0.1) is 0 Å². The van der Waals surface area contributed by atoms with Gasteiger partial charge < -0.3 is 20.4 Å². The SMILES string of the molecule is Nc1nn(Cc2ccc(Cn3cc(F)ccc3=O)cc2)cc1C(=O)NCCOc1cccc(Cl)c1. The lowest BCUT2D eigenvalue weighted by molar-refractivity contribution is 0.0947. The maximum atomic E-state index is 13.4. The normalized spacial score (nSPS) is 10.8. The number of benzene rings is 2. The first kappa shape index (κ1) is 24.0. The van der Waals surface area contributed by atoms with E-state index in [4.69, 9.17) is 22.1 Å². The molecule has 2 aromatic carbocycles. The van der Waals surface area contributed by atoms with E-state index in [1.54, 1.807) is 35.1 Å². The molecule has 0 aliphatic rings. The van der Waals surface area contributed by atoms with Crippen molar-refractivity contribution in [3.05, 3.63) is 111 Å². The van der Waals surface area contributed by atoms with Gasteiger partial charge in [0.05, 0.1) is 19.6 Å². The average Bonchev–Trinajstić information content (AvgIpc) is 3.20. The summed E-state index contributed by atoms with van der Waals surface area (Å²) in [5, 5.41) is 7.55. The molecule has 10 heteroatoms. The lowest BCUT2D eigenvalue weighted by Gasteiger charge is -2.08. The number of rotatable bonds is 9. The van der Waals surface area contributed by atoms with Gasteiger partial charge in [0.15, 0.2) is 5.82 Å². The third kappa shape index (κ3) is 6.48. The molecule has 0 fully saturated rings. The fraction of sp³-hybridized carbons (Fsp3) is 0.160. The fourth-order valence-corrected chi connectivity index (χ4v) is 3.62. The van der Waals surface area contributed by atoms with Gasteiger partial charge in [0.1, 0.15) is 23.7 Å². The topological polar surface area (TPSA) is 104 Å². The maximum Gasteiger partial charge on any atom is 0.256 e. The standard InChI is InChI=1S/C25H23ClFN5O3/c26-19-2-1-3-21(12-19)35-11-10-29-25(34)22-16-32(30-24(22)28)14-18-6-4-17(5-7-18)13-31-15-20(27)8-9-23(31)33/h1-9,12,15-16H,10-11,13-14H2,(H2,28,30)(H,29,34). The van der Waals surface area contributed by atoms with Gasteiger partial charge in [0.2, 0.25) is 0 Å². The molecule has 0 unspecified atom stereocenters. The quantitative estimate of drug-likeness (QED) is 0.347. The number of carbonyl (C=O) groups excluding carboxylic acids is 1. The number of halogens is 2. The third-order valence-electron chi connectivity index (χ3n) is 5.16. The Morgan fingerprint density at radius 3 is 2.54 bits per heavy atom. The molecule has 4 aromatic rings. The number of hydrogen-bond donors (Lipinski definition) is 2. The second-order valence-corrected chi connectivity index (χ2v) is 8.25. The van der Waals surface area contributed by atoms with E-state index < -0.39 is 5.82 Å². The van der Waals surface area contributed by atoms with Gasteiger partial charge in [-0.05, 0) is 35.4 Å². The minimum Gasteiger partial charge on any atom is -0.492 e. The molecule has 180 valence electrons. The molecular formula is C25H23ClFN5O3. The van der Waals surface area contributed by atoms with Crippen LogP contribution in [0.3, 0.4) is 0 Å². The predicted molar refractivity (Wildman–Crippen MR) is 131 cm³/mol. The number of carbonyl (C=O) groups is 1. The van der Waals surface area contributed by atoms with Gasteiger partial charge in [-0.3, -0.25) is 14.3 Å². The van der Waals surface area contributed by atoms with Crippen LogP contribution in [0.5, 0.6) is 5.75 Å². The largest absolute Gasteiger partial charge is 0.492 e. The van der Waals surface area contributed by atoms with Gasteiger partial charge >= 0.3 is 0 Å². The molecule has 3 N–H and O–H groups in total. The number of amides is 1. The second-order valence-electron chi connectivity index (χ2n) is 7.82. The van der Waals surface area contributed by atoms with E-state index in [9.17, 15) is 14.0 Å². The van der Waals surface area contributed by atoms with Crippen LogP contribution in [0.25, 0.3) is 0 Å². The zero-order chi connectivity index (χ0) is 24.8. The summed E-state index contributed by atoms with van der Waals surface area (Å²) in [6, 6.07) is 16.8. The highest BCUT2D eigenvalue weighted by atomic mass is 35.5. The first-order chi connectivity index (χ1) is 16.9. The van der Waals surface area contributed by atoms with Crippen LogP contribution in [0.1, 0.15) is 21.5 Å². The highest BCUT2D eigenvalue weighted by Crippen LogP contribution is 2.17. The van der Waals surface area contributed by atoms with Crippen LogP contribution in [-0.2, 0) is 13.1 Å². The Morgan fingerprint density at radius 2 is 1.80 bits per heavy atom. The molecule has 2 aromatic heterocycles. The summed E-state index contributed by atoms with van der Waals surface area (Å²) in [4.78, 5) is 24.4. The van der Waals surface area contributed by atoms with E-state index in [0.29, 0.717) is 17.3 Å². The Hall–Kier alpha value is -4.11. The highest BCUT2D eigenvalue weighted by Gasteiger charge is 2.14. The molecule has 0 saturated heterocycles. The van der Waals surface area contributed by atoms with Crippen LogP contribution in [-0.4, -0.2) is 33.4 Å². The van der Waals surface area contributed by atoms with Crippen LogP contribution >= 0.6 is 11.6 Å². The monoisotopic (exact) mass is 495 g/mol. The van der Waals surface area contributed by atoms with Crippen LogP contribution in [0.2, 0.25) is 5.02 Å². The van der Waals surface area contributed by atoms with Crippen molar-refractivity contribution >= 4 is 23.3 Å². The number of nitrogen functional groups attached to an aromatic ring is 1. The lowest BCUT2D eigenvalue weighted by atomic mass is 10.1. The van der Waals surface area contributed by atoms with Crippen molar-refractivity contribution in [3.8, 4) is 5.75 Å². The summed E-state index contributed by atoms with van der Waals surface area (Å²) in [5.74, 6) is -0.0706. The second kappa shape index (κ2) is 10.9. The summed E-state index contributed by atoms with van der Waals surface area (Å²) >= 11 is 5.92. The molecule has 0 spiro atoms. The van der Waals surface area contributed by atoms with Crippen molar-refractivity contribution in [3.63, 3.8) is 0 Å². The molecule has 0 bridgehead atoms. The Kier molecular flexibility index (Phi) is 7.47. The van der Waals surface area contributed by atoms with Gasteiger partial charge in [-0.2, -0.15) is 5.10 Å². The minimum atomic E-state index is -0.467. The molecule has 0 aliphatic heterocycles. The van der Waals surface area contributed by atoms with Crippen molar-refractivity contribution in [2.24, 2.45) is 0 Å². The van der Waals surface area contributed by atoms with Crippen LogP contribution in [0.4, 0.5) is 10.2 Å². The van der Waals surface area contributed by atoms with Crippen molar-refractivity contribution in [1.82, 2.24) is 19.7 Å². The van der Waals surface area contributed by atoms with Crippen LogP contribution < -0.4 is 21.3 Å². The first-order valence-electron chi connectivity index (χ1n) is 10.8. The summed E-state index contributed by atoms with van der Waals surface area (Å²) in [5.41, 5.74) is 7.71. The van der Waals surface area contributed by atoms with Gasteiger partial charge in [0, 0.05) is 23.5 Å². The Balaban J connectivity index is 1.31. The molecular weight excluding hydrogens is 473 g/mol. The molecule has 4 rings (SSSR count). The summed E-state index contributed by atoms with van der Waals surface area (Å²) in [6.45, 7) is 1.21. The molecule has 0 radical (unpaired) electrons. The molecule has 8 nitrogen and oxygen atoms in total. The van der Waals surface area contributed by atoms with Crippen molar-refractivity contribution in [1.29, 1.82) is 0 Å². The zero-order valence-electron chi connectivity index (χ0n) is 18.7. The first-order valence-corrected chi connectivity index (χ1v) is 11.2. The van der Waals surface area contributed by atoms with E-state index in [-0.39, 0.29) is 42.5 Å². The van der Waals surface area contributed by atoms with Gasteiger partial charge in [-0.25, -0.2) is 4.39 Å². The van der Waals surface area contributed by atoms with Gasteiger partial charge in [0.25, 0.3) is 11.5 Å². The number of ether oxygens (including phenoxy) is 1. The summed E-state index contributed by atoms with van der Waals surface area (Å²) < 4.78 is 21.8. The number of nitrogens with zero attached hydrogens (tertiary/aromatic N) is 3. The zero-order valence-corrected chi connectivity index (χ0v) is 19.4. The van der Waals surface area contributed by atoms with E-state index >= 15 is 0 Å². The van der Waals surface area contributed by atoms with Crippen LogP contribution in [0, 0.1) is 5.82 Å². The number of nitrogens with one attached hydrogen (secondary N) is 1. The van der Waals surface area contributed by atoms with Crippen molar-refractivity contribution in [2.45, 2.75) is 13.1 Å². The molecule has 0 aliphatic carbocycles. The fourth-order valence-electron chi connectivity index (χ4n) is 3.44. The van der Waals surface area contributed by atoms with Crippen molar-refractivity contribution < 1.29 is 13.9 Å². The van der Waals surface area contributed by atoms with E-state index in [1.165, 1.54) is 16.8 Å². The summed E-state index contributed by atoms with van der Waals surface area (Å²) in [7, 11) is 0. The molecule has 0 atom stereocenters. The lowest BCUT2D eigenvalue weighted by Crippen LogP contribution is -2.28. The van der Waals surface area contributed by atoms with E-state index in [0.717, 1.165) is 17.2 Å². The Bertz CT molecular complexity index is 1380. The molecule has 35 heavy (non-hydrogen) atoms. The highest BCUT2D eigenvalue weighted by molar-refractivity contribution is 6.30. The third-order valence-corrected chi connectivity index (χ3v) is 5.39. The molecule has 0 saturated carbocycles. The maximum absolute atomic E-state index is 13.4. The summed E-state index contributed by atoms with van der Waals surface area (Å²) in [6.07, 6.45) is 2.77. The van der Waals surface area contributed by atoms with Crippen LogP contribution in [0.15, 0.2) is 77.9 Å².